The second kappa shape index (κ2) is 5.65. The smallest absolute Gasteiger partial charge is 0.150 e. The Morgan fingerprint density at radius 2 is 1.74 bits per heavy atom. The van der Waals surface area contributed by atoms with Gasteiger partial charge in [0.05, 0.1) is 0 Å². The van der Waals surface area contributed by atoms with Crippen LogP contribution >= 0.6 is 0 Å². The molecule has 0 aromatic heterocycles. The molecule has 0 saturated carbocycles. The summed E-state index contributed by atoms with van der Waals surface area (Å²) in [6.07, 6.45) is 0.595. The van der Waals surface area contributed by atoms with Gasteiger partial charge in [-0.3, -0.25) is 4.79 Å². The van der Waals surface area contributed by atoms with Gasteiger partial charge in [-0.15, -0.1) is 0 Å². The van der Waals surface area contributed by atoms with E-state index in [0.29, 0.717) is 23.7 Å². The molecule has 0 N–H and O–H groups in total. The van der Waals surface area contributed by atoms with E-state index in [2.05, 4.69) is 13.8 Å². The van der Waals surface area contributed by atoms with E-state index in [1.165, 1.54) is 23.8 Å². The number of benzene rings is 2. The van der Waals surface area contributed by atoms with Crippen molar-refractivity contribution in [3.05, 3.63) is 59.4 Å². The SMILES string of the molecule is CC(C)c1ccc(Oc2cc(F)cc(C=O)c2)cc1. The lowest BCUT2D eigenvalue weighted by Crippen LogP contribution is -1.90. The van der Waals surface area contributed by atoms with Crippen LogP contribution in [0.2, 0.25) is 0 Å². The normalized spacial score (nSPS) is 10.5. The molecule has 2 aromatic carbocycles. The monoisotopic (exact) mass is 258 g/mol. The van der Waals surface area contributed by atoms with Gasteiger partial charge in [-0.05, 0) is 35.7 Å². The average molecular weight is 258 g/mol. The Kier molecular flexibility index (Phi) is 3.95. The van der Waals surface area contributed by atoms with Crippen LogP contribution in [-0.4, -0.2) is 6.29 Å². The highest BCUT2D eigenvalue weighted by Gasteiger charge is 2.04. The van der Waals surface area contributed by atoms with Gasteiger partial charge in [0.1, 0.15) is 23.6 Å². The van der Waals surface area contributed by atoms with Gasteiger partial charge in [0.15, 0.2) is 0 Å². The van der Waals surface area contributed by atoms with Gasteiger partial charge in [-0.2, -0.15) is 0 Å². The van der Waals surface area contributed by atoms with Crippen LogP contribution in [0.25, 0.3) is 0 Å². The summed E-state index contributed by atoms with van der Waals surface area (Å²) in [6.45, 7) is 4.22. The van der Waals surface area contributed by atoms with Crippen molar-refractivity contribution in [2.24, 2.45) is 0 Å². The third-order valence-corrected chi connectivity index (χ3v) is 2.81. The van der Waals surface area contributed by atoms with Crippen molar-refractivity contribution in [1.29, 1.82) is 0 Å². The van der Waals surface area contributed by atoms with Crippen LogP contribution in [0.1, 0.15) is 35.7 Å². The molecular formula is C16H15FO2. The number of halogens is 1. The predicted molar refractivity (Wildman–Crippen MR) is 72.4 cm³/mol. The maximum Gasteiger partial charge on any atom is 0.150 e. The summed E-state index contributed by atoms with van der Waals surface area (Å²) in [5.74, 6) is 0.898. The fourth-order valence-corrected chi connectivity index (χ4v) is 1.77. The van der Waals surface area contributed by atoms with E-state index in [1.54, 1.807) is 0 Å². The topological polar surface area (TPSA) is 26.3 Å². The number of carbonyl (C=O) groups is 1. The molecule has 0 bridgehead atoms. The summed E-state index contributed by atoms with van der Waals surface area (Å²) < 4.78 is 18.8. The van der Waals surface area contributed by atoms with Crippen molar-refractivity contribution in [2.45, 2.75) is 19.8 Å². The largest absolute Gasteiger partial charge is 0.457 e. The maximum absolute atomic E-state index is 13.2. The molecule has 2 rings (SSSR count). The highest BCUT2D eigenvalue weighted by Crippen LogP contribution is 2.25. The number of ether oxygens (including phenoxy) is 1. The lowest BCUT2D eigenvalue weighted by Gasteiger charge is -2.09. The molecule has 0 fully saturated rings. The Hall–Kier alpha value is -2.16. The van der Waals surface area contributed by atoms with Crippen LogP contribution in [0.3, 0.4) is 0 Å². The van der Waals surface area contributed by atoms with Gasteiger partial charge in [0, 0.05) is 11.6 Å². The first-order chi connectivity index (χ1) is 9.08. The van der Waals surface area contributed by atoms with Crippen molar-refractivity contribution in [1.82, 2.24) is 0 Å². The Bertz CT molecular complexity index is 574. The maximum atomic E-state index is 13.2. The number of hydrogen-bond acceptors (Lipinski definition) is 2. The van der Waals surface area contributed by atoms with E-state index < -0.39 is 5.82 Å². The van der Waals surface area contributed by atoms with E-state index in [-0.39, 0.29) is 5.56 Å². The molecular weight excluding hydrogens is 243 g/mol. The van der Waals surface area contributed by atoms with Gasteiger partial charge in [-0.25, -0.2) is 4.39 Å². The molecule has 3 heteroatoms. The molecule has 0 atom stereocenters. The molecule has 19 heavy (non-hydrogen) atoms. The molecule has 0 aliphatic carbocycles. The summed E-state index contributed by atoms with van der Waals surface area (Å²) >= 11 is 0. The van der Waals surface area contributed by atoms with E-state index >= 15 is 0 Å². The second-order valence-electron chi connectivity index (χ2n) is 4.66. The standard InChI is InChI=1S/C16H15FO2/c1-11(2)13-3-5-15(6-4-13)19-16-8-12(10-18)7-14(17)9-16/h3-11H,1-2H3. The summed E-state index contributed by atoms with van der Waals surface area (Å²) in [4.78, 5) is 10.7. The third-order valence-electron chi connectivity index (χ3n) is 2.81. The molecule has 2 aromatic rings. The van der Waals surface area contributed by atoms with Gasteiger partial charge in [0.25, 0.3) is 0 Å². The van der Waals surface area contributed by atoms with Gasteiger partial charge >= 0.3 is 0 Å². The number of hydrogen-bond donors (Lipinski definition) is 0. The van der Waals surface area contributed by atoms with Gasteiger partial charge in [-0.1, -0.05) is 26.0 Å². The highest BCUT2D eigenvalue weighted by molar-refractivity contribution is 5.75. The minimum Gasteiger partial charge on any atom is -0.457 e. The zero-order valence-corrected chi connectivity index (χ0v) is 10.9. The highest BCUT2D eigenvalue weighted by atomic mass is 19.1. The van der Waals surface area contributed by atoms with Crippen molar-refractivity contribution < 1.29 is 13.9 Å². The Morgan fingerprint density at radius 3 is 2.32 bits per heavy atom. The van der Waals surface area contributed by atoms with E-state index in [9.17, 15) is 9.18 Å². The molecule has 98 valence electrons. The van der Waals surface area contributed by atoms with Crippen molar-refractivity contribution in [3.8, 4) is 11.5 Å². The average Bonchev–Trinajstić information content (AvgIpc) is 2.38. The van der Waals surface area contributed by atoms with Crippen LogP contribution in [0.15, 0.2) is 42.5 Å². The molecule has 0 aliphatic heterocycles. The van der Waals surface area contributed by atoms with Crippen LogP contribution in [0.4, 0.5) is 4.39 Å². The molecule has 0 spiro atoms. The third kappa shape index (κ3) is 3.41. The molecule has 0 aliphatic rings. The molecule has 0 unspecified atom stereocenters. The van der Waals surface area contributed by atoms with E-state index in [1.807, 2.05) is 24.3 Å². The number of rotatable bonds is 4. The summed E-state index contributed by atoms with van der Waals surface area (Å²) in [7, 11) is 0. The van der Waals surface area contributed by atoms with Gasteiger partial charge < -0.3 is 4.74 Å². The summed E-state index contributed by atoms with van der Waals surface area (Å²) in [5, 5.41) is 0. The van der Waals surface area contributed by atoms with Crippen LogP contribution in [-0.2, 0) is 0 Å². The molecule has 0 saturated heterocycles. The van der Waals surface area contributed by atoms with E-state index in [4.69, 9.17) is 4.74 Å². The van der Waals surface area contributed by atoms with Crippen LogP contribution < -0.4 is 4.74 Å². The fraction of sp³-hybridized carbons (Fsp3) is 0.188. The Morgan fingerprint density at radius 1 is 1.05 bits per heavy atom. The molecule has 0 amide bonds. The predicted octanol–water partition coefficient (Wildman–Crippen LogP) is 4.55. The first-order valence-electron chi connectivity index (χ1n) is 6.12. The molecule has 0 heterocycles. The van der Waals surface area contributed by atoms with Crippen LogP contribution in [0.5, 0.6) is 11.5 Å². The fourth-order valence-electron chi connectivity index (χ4n) is 1.77. The molecule has 0 radical (unpaired) electrons. The van der Waals surface area contributed by atoms with Crippen molar-refractivity contribution in [2.75, 3.05) is 0 Å². The summed E-state index contributed by atoms with van der Waals surface area (Å²) in [6, 6.07) is 11.5. The molecule has 2 nitrogen and oxygen atoms in total. The van der Waals surface area contributed by atoms with Gasteiger partial charge in [0.2, 0.25) is 0 Å². The number of aldehydes is 1. The van der Waals surface area contributed by atoms with Crippen molar-refractivity contribution >= 4 is 6.29 Å². The van der Waals surface area contributed by atoms with E-state index in [0.717, 1.165) is 0 Å². The number of carbonyl (C=O) groups excluding carboxylic acids is 1. The summed E-state index contributed by atoms with van der Waals surface area (Å²) in [5.41, 5.74) is 1.47. The van der Waals surface area contributed by atoms with Crippen molar-refractivity contribution in [3.63, 3.8) is 0 Å². The Balaban J connectivity index is 2.21. The lowest BCUT2D eigenvalue weighted by atomic mass is 10.0. The zero-order chi connectivity index (χ0) is 13.8. The lowest BCUT2D eigenvalue weighted by molar-refractivity contribution is 0.112. The quantitative estimate of drug-likeness (QED) is 0.752. The minimum absolute atomic E-state index is 0.258. The Labute approximate surface area is 111 Å². The first-order valence-corrected chi connectivity index (χ1v) is 6.12. The zero-order valence-electron chi connectivity index (χ0n) is 10.9. The minimum atomic E-state index is -0.488. The first kappa shape index (κ1) is 13.3. The second-order valence-corrected chi connectivity index (χ2v) is 4.66. The van der Waals surface area contributed by atoms with Crippen LogP contribution in [0, 0.1) is 5.82 Å².